The predicted octanol–water partition coefficient (Wildman–Crippen LogP) is 2.58. The van der Waals surface area contributed by atoms with Crippen molar-refractivity contribution in [2.45, 2.75) is 19.3 Å². The molecular formula is C22H25N3O3. The van der Waals surface area contributed by atoms with Gasteiger partial charge in [-0.1, -0.05) is 24.3 Å². The number of hydrogen-bond donors (Lipinski definition) is 2. The second-order valence-electron chi connectivity index (χ2n) is 7.47. The van der Waals surface area contributed by atoms with Crippen LogP contribution < -0.4 is 16.0 Å². The Labute approximate surface area is 164 Å². The zero-order chi connectivity index (χ0) is 19.6. The summed E-state index contributed by atoms with van der Waals surface area (Å²) in [5, 5.41) is 2.96. The molecule has 4 rings (SSSR count). The Morgan fingerprint density at radius 3 is 2.68 bits per heavy atom. The van der Waals surface area contributed by atoms with Crippen molar-refractivity contribution in [2.24, 2.45) is 11.1 Å². The molecule has 146 valence electrons. The molecule has 6 heteroatoms. The van der Waals surface area contributed by atoms with E-state index in [0.717, 1.165) is 12.1 Å². The van der Waals surface area contributed by atoms with E-state index < -0.39 is 5.41 Å². The van der Waals surface area contributed by atoms with Crippen molar-refractivity contribution in [3.05, 3.63) is 59.7 Å². The second kappa shape index (κ2) is 7.73. The first kappa shape index (κ1) is 18.7. The van der Waals surface area contributed by atoms with Gasteiger partial charge in [-0.2, -0.15) is 0 Å². The zero-order valence-electron chi connectivity index (χ0n) is 15.8. The summed E-state index contributed by atoms with van der Waals surface area (Å²) in [6, 6.07) is 15.1. The fourth-order valence-corrected chi connectivity index (χ4v) is 3.98. The Kier molecular flexibility index (Phi) is 5.15. The highest BCUT2D eigenvalue weighted by molar-refractivity contribution is 6.08. The molecule has 3 N–H and O–H groups in total. The van der Waals surface area contributed by atoms with Gasteiger partial charge in [0, 0.05) is 43.2 Å². The first-order chi connectivity index (χ1) is 13.6. The van der Waals surface area contributed by atoms with Gasteiger partial charge in [-0.25, -0.2) is 0 Å². The largest absolute Gasteiger partial charge is 0.381 e. The van der Waals surface area contributed by atoms with Crippen LogP contribution in [0.1, 0.15) is 28.8 Å². The number of para-hydroxylation sites is 1. The molecule has 0 saturated carbocycles. The maximum atomic E-state index is 13.0. The molecule has 2 heterocycles. The van der Waals surface area contributed by atoms with E-state index >= 15 is 0 Å². The number of anilines is 2. The molecular weight excluding hydrogens is 354 g/mol. The first-order valence-electron chi connectivity index (χ1n) is 9.72. The standard InChI is InChI=1S/C22H25N3O3/c23-15-22(9-12-28-13-10-22)21(27)24-18-6-3-5-17(14-18)20(26)25-11-8-16-4-1-2-7-19(16)25/h1-7,14H,8-13,15,23H2,(H,24,27). The molecule has 2 aromatic rings. The van der Waals surface area contributed by atoms with Gasteiger partial charge in [-0.3, -0.25) is 9.59 Å². The van der Waals surface area contributed by atoms with Crippen LogP contribution in [0.15, 0.2) is 48.5 Å². The van der Waals surface area contributed by atoms with Gasteiger partial charge in [0.25, 0.3) is 5.91 Å². The van der Waals surface area contributed by atoms with Gasteiger partial charge in [0.2, 0.25) is 5.91 Å². The van der Waals surface area contributed by atoms with Gasteiger partial charge in [0.15, 0.2) is 0 Å². The summed E-state index contributed by atoms with van der Waals surface area (Å²) in [4.78, 5) is 27.7. The lowest BCUT2D eigenvalue weighted by Gasteiger charge is -2.34. The van der Waals surface area contributed by atoms with Gasteiger partial charge in [0.1, 0.15) is 0 Å². The number of hydrogen-bond acceptors (Lipinski definition) is 4. The molecule has 2 aliphatic rings. The Morgan fingerprint density at radius 2 is 1.89 bits per heavy atom. The molecule has 0 aromatic heterocycles. The molecule has 2 aromatic carbocycles. The van der Waals surface area contributed by atoms with E-state index in [1.54, 1.807) is 29.2 Å². The number of amides is 2. The summed E-state index contributed by atoms with van der Waals surface area (Å²) in [6.07, 6.45) is 2.08. The molecule has 0 atom stereocenters. The van der Waals surface area contributed by atoms with Crippen molar-refractivity contribution in [1.29, 1.82) is 0 Å². The van der Waals surface area contributed by atoms with Crippen LogP contribution in [0.2, 0.25) is 0 Å². The highest BCUT2D eigenvalue weighted by Crippen LogP contribution is 2.32. The van der Waals surface area contributed by atoms with Gasteiger partial charge in [0.05, 0.1) is 5.41 Å². The van der Waals surface area contributed by atoms with Crippen molar-refractivity contribution >= 4 is 23.2 Å². The van der Waals surface area contributed by atoms with E-state index in [2.05, 4.69) is 11.4 Å². The van der Waals surface area contributed by atoms with Crippen LogP contribution in [0.5, 0.6) is 0 Å². The second-order valence-corrected chi connectivity index (χ2v) is 7.47. The van der Waals surface area contributed by atoms with Crippen molar-refractivity contribution < 1.29 is 14.3 Å². The molecule has 0 spiro atoms. The molecule has 0 bridgehead atoms. The third-order valence-electron chi connectivity index (χ3n) is 5.82. The van der Waals surface area contributed by atoms with Gasteiger partial charge >= 0.3 is 0 Å². The van der Waals surface area contributed by atoms with Crippen molar-refractivity contribution in [3.63, 3.8) is 0 Å². The third kappa shape index (κ3) is 3.41. The summed E-state index contributed by atoms with van der Waals surface area (Å²) in [5.74, 6) is -0.157. The number of rotatable bonds is 4. The summed E-state index contributed by atoms with van der Waals surface area (Å²) in [5.41, 5.74) is 8.64. The highest BCUT2D eigenvalue weighted by Gasteiger charge is 2.38. The minimum atomic E-state index is -0.605. The van der Waals surface area contributed by atoms with E-state index in [1.807, 2.05) is 18.2 Å². The number of nitrogens with one attached hydrogen (secondary N) is 1. The minimum Gasteiger partial charge on any atom is -0.381 e. The Balaban J connectivity index is 1.52. The van der Waals surface area contributed by atoms with Gasteiger partial charge in [-0.15, -0.1) is 0 Å². The molecule has 6 nitrogen and oxygen atoms in total. The Morgan fingerprint density at radius 1 is 1.11 bits per heavy atom. The Bertz CT molecular complexity index is 890. The molecule has 1 fully saturated rings. The quantitative estimate of drug-likeness (QED) is 0.855. The van der Waals surface area contributed by atoms with Crippen LogP contribution in [0.25, 0.3) is 0 Å². The number of benzene rings is 2. The van der Waals surface area contributed by atoms with Crippen molar-refractivity contribution in [2.75, 3.05) is 36.5 Å². The fourth-order valence-electron chi connectivity index (χ4n) is 3.98. The molecule has 0 unspecified atom stereocenters. The van der Waals surface area contributed by atoms with E-state index in [0.29, 0.717) is 43.9 Å². The Hall–Kier alpha value is -2.70. The molecule has 28 heavy (non-hydrogen) atoms. The highest BCUT2D eigenvalue weighted by atomic mass is 16.5. The summed E-state index contributed by atoms with van der Waals surface area (Å²) < 4.78 is 5.38. The number of carbonyl (C=O) groups excluding carboxylic acids is 2. The number of nitrogens with zero attached hydrogens (tertiary/aromatic N) is 1. The average molecular weight is 379 g/mol. The van der Waals surface area contributed by atoms with Crippen LogP contribution in [-0.4, -0.2) is 38.1 Å². The van der Waals surface area contributed by atoms with E-state index in [9.17, 15) is 9.59 Å². The van der Waals surface area contributed by atoms with Crippen LogP contribution >= 0.6 is 0 Å². The number of nitrogens with two attached hydrogens (primary N) is 1. The number of fused-ring (bicyclic) bond motifs is 1. The SMILES string of the molecule is NCC1(C(=O)Nc2cccc(C(=O)N3CCc4ccccc43)c2)CCOCC1. The smallest absolute Gasteiger partial charge is 0.258 e. The monoisotopic (exact) mass is 379 g/mol. The maximum Gasteiger partial charge on any atom is 0.258 e. The van der Waals surface area contributed by atoms with Gasteiger partial charge < -0.3 is 20.7 Å². The lowest BCUT2D eigenvalue weighted by molar-refractivity contribution is -0.130. The molecule has 0 aliphatic carbocycles. The summed E-state index contributed by atoms with van der Waals surface area (Å²) in [6.45, 7) is 2.03. The van der Waals surface area contributed by atoms with Gasteiger partial charge in [-0.05, 0) is 49.1 Å². The lowest BCUT2D eigenvalue weighted by Crippen LogP contribution is -2.46. The summed E-state index contributed by atoms with van der Waals surface area (Å²) in [7, 11) is 0. The number of carbonyl (C=O) groups is 2. The van der Waals surface area contributed by atoms with Crippen LogP contribution in [0.3, 0.4) is 0 Å². The van der Waals surface area contributed by atoms with Crippen LogP contribution in [0.4, 0.5) is 11.4 Å². The van der Waals surface area contributed by atoms with E-state index in [1.165, 1.54) is 5.56 Å². The summed E-state index contributed by atoms with van der Waals surface area (Å²) >= 11 is 0. The fraction of sp³-hybridized carbons (Fsp3) is 0.364. The average Bonchev–Trinajstić information content (AvgIpc) is 3.18. The van der Waals surface area contributed by atoms with Crippen LogP contribution in [0, 0.1) is 5.41 Å². The minimum absolute atomic E-state index is 0.0550. The molecule has 2 amide bonds. The van der Waals surface area contributed by atoms with E-state index in [-0.39, 0.29) is 18.4 Å². The third-order valence-corrected chi connectivity index (χ3v) is 5.82. The van der Waals surface area contributed by atoms with E-state index in [4.69, 9.17) is 10.5 Å². The maximum absolute atomic E-state index is 13.0. The molecule has 2 aliphatic heterocycles. The van der Waals surface area contributed by atoms with Crippen molar-refractivity contribution in [1.82, 2.24) is 0 Å². The first-order valence-corrected chi connectivity index (χ1v) is 9.72. The topological polar surface area (TPSA) is 84.7 Å². The lowest BCUT2D eigenvalue weighted by atomic mass is 9.79. The molecule has 0 radical (unpaired) electrons. The van der Waals surface area contributed by atoms with Crippen LogP contribution in [-0.2, 0) is 16.0 Å². The number of ether oxygens (including phenoxy) is 1. The molecule has 1 saturated heterocycles. The zero-order valence-corrected chi connectivity index (χ0v) is 15.8. The van der Waals surface area contributed by atoms with Crippen molar-refractivity contribution in [3.8, 4) is 0 Å². The predicted molar refractivity (Wildman–Crippen MR) is 108 cm³/mol. The normalized spacial score (nSPS) is 17.8.